The van der Waals surface area contributed by atoms with E-state index in [0.717, 1.165) is 0 Å². The second-order valence-corrected chi connectivity index (χ2v) is 6.72. The third-order valence-corrected chi connectivity index (χ3v) is 3.02. The number of rotatable bonds is 6. The van der Waals surface area contributed by atoms with Crippen molar-refractivity contribution in [2.75, 3.05) is 20.3 Å². The molecule has 128 valence electrons. The third kappa shape index (κ3) is 6.72. The molecule has 0 aromatic rings. The van der Waals surface area contributed by atoms with Gasteiger partial charge in [0.1, 0.15) is 11.7 Å². The lowest BCUT2D eigenvalue weighted by atomic mass is 10.1. The van der Waals surface area contributed by atoms with Gasteiger partial charge in [-0.15, -0.1) is 0 Å². The summed E-state index contributed by atoms with van der Waals surface area (Å²) < 4.78 is 21.2. The van der Waals surface area contributed by atoms with Crippen LogP contribution in [0.15, 0.2) is 0 Å². The van der Waals surface area contributed by atoms with Crippen molar-refractivity contribution < 1.29 is 28.5 Å². The quantitative estimate of drug-likeness (QED) is 0.732. The molecule has 1 saturated heterocycles. The van der Waals surface area contributed by atoms with E-state index in [4.69, 9.17) is 14.2 Å². The van der Waals surface area contributed by atoms with Gasteiger partial charge in [0.05, 0.1) is 26.7 Å². The van der Waals surface area contributed by atoms with E-state index >= 15 is 0 Å². The number of esters is 2. The molecule has 7 heteroatoms. The highest BCUT2D eigenvalue weighted by Gasteiger charge is 2.38. The molecule has 0 spiro atoms. The van der Waals surface area contributed by atoms with Gasteiger partial charge in [-0.25, -0.2) is 0 Å². The zero-order valence-electron chi connectivity index (χ0n) is 14.2. The highest BCUT2D eigenvalue weighted by molar-refractivity contribution is 5.73. The van der Waals surface area contributed by atoms with Crippen molar-refractivity contribution in [1.29, 1.82) is 0 Å². The molecular formula is C15H27NO6. The Morgan fingerprint density at radius 1 is 1.32 bits per heavy atom. The van der Waals surface area contributed by atoms with Crippen molar-refractivity contribution in [1.82, 2.24) is 5.32 Å². The van der Waals surface area contributed by atoms with Crippen molar-refractivity contribution >= 4 is 11.9 Å². The van der Waals surface area contributed by atoms with Crippen LogP contribution in [0.1, 0.15) is 41.0 Å². The number of hydrogen-bond acceptors (Lipinski definition) is 7. The average molecular weight is 317 g/mol. The minimum absolute atomic E-state index is 0.0147. The highest BCUT2D eigenvalue weighted by atomic mass is 16.7. The van der Waals surface area contributed by atoms with Crippen molar-refractivity contribution in [3.05, 3.63) is 0 Å². The van der Waals surface area contributed by atoms with Crippen LogP contribution in [0.5, 0.6) is 0 Å². The summed E-state index contributed by atoms with van der Waals surface area (Å²) >= 11 is 0. The highest BCUT2D eigenvalue weighted by Crippen LogP contribution is 2.25. The first-order valence-electron chi connectivity index (χ1n) is 7.36. The molecule has 0 amide bonds. The topological polar surface area (TPSA) is 83.1 Å². The van der Waals surface area contributed by atoms with Crippen LogP contribution in [0, 0.1) is 0 Å². The van der Waals surface area contributed by atoms with E-state index in [1.807, 2.05) is 0 Å². The number of nitrogens with one attached hydrogen (secondary N) is 1. The first kappa shape index (κ1) is 18.9. The molecule has 0 unspecified atom stereocenters. The molecule has 1 aliphatic heterocycles. The number of ether oxygens (including phenoxy) is 4. The Balaban J connectivity index is 2.59. The van der Waals surface area contributed by atoms with E-state index in [2.05, 4.69) is 10.1 Å². The Kier molecular flexibility index (Phi) is 6.34. The molecule has 1 fully saturated rings. The summed E-state index contributed by atoms with van der Waals surface area (Å²) in [5, 5.41) is 3.01. The van der Waals surface area contributed by atoms with Gasteiger partial charge in [-0.2, -0.15) is 0 Å². The molecule has 0 saturated carbocycles. The van der Waals surface area contributed by atoms with Crippen LogP contribution in [0.25, 0.3) is 0 Å². The minimum atomic E-state index is -0.702. The second kappa shape index (κ2) is 7.39. The van der Waals surface area contributed by atoms with Crippen LogP contribution >= 0.6 is 0 Å². The first-order chi connectivity index (χ1) is 10.0. The number of methoxy groups -OCH3 is 1. The zero-order chi connectivity index (χ0) is 17.0. The zero-order valence-corrected chi connectivity index (χ0v) is 14.2. The van der Waals surface area contributed by atoms with Gasteiger partial charge in [-0.05, 0) is 34.6 Å². The number of carbonyl (C=O) groups excluding carboxylic acids is 2. The lowest BCUT2D eigenvalue weighted by Crippen LogP contribution is -2.46. The van der Waals surface area contributed by atoms with Crippen molar-refractivity contribution in [2.24, 2.45) is 0 Å². The van der Waals surface area contributed by atoms with Crippen LogP contribution in [-0.4, -0.2) is 55.7 Å². The SMILES string of the molecule is COC(=O)C[C@@H](NCC(=O)OC(C)(C)C)[C@H]1COC(C)(C)O1. The van der Waals surface area contributed by atoms with Crippen LogP contribution in [-0.2, 0) is 28.5 Å². The van der Waals surface area contributed by atoms with Gasteiger partial charge in [0.15, 0.2) is 5.79 Å². The van der Waals surface area contributed by atoms with E-state index in [1.165, 1.54) is 7.11 Å². The Hall–Kier alpha value is -1.18. The fourth-order valence-electron chi connectivity index (χ4n) is 2.10. The summed E-state index contributed by atoms with van der Waals surface area (Å²) in [5.41, 5.74) is -0.550. The van der Waals surface area contributed by atoms with E-state index in [-0.39, 0.29) is 37.0 Å². The Labute approximate surface area is 131 Å². The Morgan fingerprint density at radius 3 is 2.41 bits per heavy atom. The summed E-state index contributed by atoms with van der Waals surface area (Å²) in [5.74, 6) is -1.47. The molecule has 7 nitrogen and oxygen atoms in total. The molecule has 0 aromatic carbocycles. The fourth-order valence-corrected chi connectivity index (χ4v) is 2.10. The summed E-state index contributed by atoms with van der Waals surface area (Å²) in [6, 6.07) is -0.387. The molecule has 0 bridgehead atoms. The lowest BCUT2D eigenvalue weighted by Gasteiger charge is -2.25. The molecular weight excluding hydrogens is 290 g/mol. The van der Waals surface area contributed by atoms with Crippen LogP contribution in [0.3, 0.4) is 0 Å². The van der Waals surface area contributed by atoms with E-state index in [0.29, 0.717) is 6.61 Å². The van der Waals surface area contributed by atoms with Gasteiger partial charge in [-0.3, -0.25) is 9.59 Å². The second-order valence-electron chi connectivity index (χ2n) is 6.72. The molecule has 1 N–H and O–H groups in total. The van der Waals surface area contributed by atoms with Gasteiger partial charge in [-0.1, -0.05) is 0 Å². The third-order valence-electron chi connectivity index (χ3n) is 3.02. The van der Waals surface area contributed by atoms with Gasteiger partial charge >= 0.3 is 11.9 Å². The Bertz CT molecular complexity index is 401. The summed E-state index contributed by atoms with van der Waals surface area (Å²) in [6.07, 6.45) is -0.250. The smallest absolute Gasteiger partial charge is 0.320 e. The minimum Gasteiger partial charge on any atom is -0.469 e. The van der Waals surface area contributed by atoms with Crippen molar-refractivity contribution in [3.63, 3.8) is 0 Å². The molecule has 0 radical (unpaired) electrons. The fraction of sp³-hybridized carbons (Fsp3) is 0.867. The molecule has 1 rings (SSSR count). The normalized spacial score (nSPS) is 22.2. The number of carbonyl (C=O) groups is 2. The molecule has 2 atom stereocenters. The van der Waals surface area contributed by atoms with Crippen molar-refractivity contribution in [2.45, 2.75) is 64.6 Å². The molecule has 1 aliphatic rings. The Morgan fingerprint density at radius 2 is 1.95 bits per heavy atom. The van der Waals surface area contributed by atoms with Gasteiger partial charge in [0, 0.05) is 6.04 Å². The summed E-state index contributed by atoms with van der Waals surface area (Å²) in [6.45, 7) is 9.33. The first-order valence-corrected chi connectivity index (χ1v) is 7.36. The van der Waals surface area contributed by atoms with E-state index in [1.54, 1.807) is 34.6 Å². The molecule has 22 heavy (non-hydrogen) atoms. The summed E-state index contributed by atoms with van der Waals surface area (Å²) in [7, 11) is 1.32. The maximum Gasteiger partial charge on any atom is 0.320 e. The van der Waals surface area contributed by atoms with Crippen molar-refractivity contribution in [3.8, 4) is 0 Å². The monoisotopic (exact) mass is 317 g/mol. The van der Waals surface area contributed by atoms with Crippen LogP contribution < -0.4 is 5.32 Å². The van der Waals surface area contributed by atoms with Crippen LogP contribution in [0.2, 0.25) is 0 Å². The standard InChI is InChI=1S/C15H27NO6/c1-14(2,3)22-13(18)8-16-10(7-12(17)19-6)11-9-20-15(4,5)21-11/h10-11,16H,7-9H2,1-6H3/t10-,11-/m1/s1. The summed E-state index contributed by atoms with van der Waals surface area (Å²) in [4.78, 5) is 23.3. The van der Waals surface area contributed by atoms with Gasteiger partial charge < -0.3 is 24.3 Å². The predicted octanol–water partition coefficient (Wildman–Crippen LogP) is 1.00. The molecule has 0 aromatic heterocycles. The predicted molar refractivity (Wildman–Crippen MR) is 79.2 cm³/mol. The maximum absolute atomic E-state index is 11.8. The lowest BCUT2D eigenvalue weighted by molar-refractivity contribution is -0.156. The average Bonchev–Trinajstić information content (AvgIpc) is 2.72. The maximum atomic E-state index is 11.8. The van der Waals surface area contributed by atoms with Crippen LogP contribution in [0.4, 0.5) is 0 Å². The molecule has 0 aliphatic carbocycles. The van der Waals surface area contributed by atoms with E-state index < -0.39 is 11.4 Å². The molecule has 1 heterocycles. The largest absolute Gasteiger partial charge is 0.469 e. The van der Waals surface area contributed by atoms with E-state index in [9.17, 15) is 9.59 Å². The number of hydrogen-bond donors (Lipinski definition) is 1. The van der Waals surface area contributed by atoms with Gasteiger partial charge in [0.2, 0.25) is 0 Å². The van der Waals surface area contributed by atoms with Gasteiger partial charge in [0.25, 0.3) is 0 Å².